The van der Waals surface area contributed by atoms with E-state index in [1.54, 1.807) is 6.20 Å². The number of hydrogen-bond donors (Lipinski definition) is 1. The largest absolute Gasteiger partial charge is 0.360 e. The number of thiazole rings is 1. The van der Waals surface area contributed by atoms with Gasteiger partial charge in [-0.2, -0.15) is 5.26 Å². The van der Waals surface area contributed by atoms with Gasteiger partial charge in [0.05, 0.1) is 0 Å². The summed E-state index contributed by atoms with van der Waals surface area (Å²) in [6.07, 6.45) is 2.68. The maximum absolute atomic E-state index is 9.20. The summed E-state index contributed by atoms with van der Waals surface area (Å²) in [6, 6.07) is 10.3. The zero-order chi connectivity index (χ0) is 13.7. The number of nitrogens with one attached hydrogen (secondary N) is 1. The van der Waals surface area contributed by atoms with Crippen LogP contribution in [0.4, 0.5) is 5.69 Å². The van der Waals surface area contributed by atoms with E-state index in [1.165, 1.54) is 16.9 Å². The summed E-state index contributed by atoms with van der Waals surface area (Å²) < 4.78 is 0. The lowest BCUT2D eigenvalue weighted by Crippen LogP contribution is -1.95. The van der Waals surface area contributed by atoms with Crippen molar-refractivity contribution in [1.29, 1.82) is 5.26 Å². The normalized spacial score (nSPS) is 11.1. The number of benzene rings is 1. The number of para-hydroxylation sites is 1. The van der Waals surface area contributed by atoms with Crippen LogP contribution in [0.3, 0.4) is 0 Å². The van der Waals surface area contributed by atoms with Crippen molar-refractivity contribution in [2.45, 2.75) is 20.3 Å². The van der Waals surface area contributed by atoms with Crippen molar-refractivity contribution in [3.63, 3.8) is 0 Å². The van der Waals surface area contributed by atoms with Crippen molar-refractivity contribution in [2.75, 3.05) is 5.32 Å². The van der Waals surface area contributed by atoms with Gasteiger partial charge in [-0.05, 0) is 25.0 Å². The second-order valence-corrected chi connectivity index (χ2v) is 4.98. The van der Waals surface area contributed by atoms with Crippen molar-refractivity contribution in [2.24, 2.45) is 0 Å². The summed E-state index contributed by atoms with van der Waals surface area (Å²) in [7, 11) is 0. The Morgan fingerprint density at radius 2 is 2.26 bits per heavy atom. The molecule has 2 rings (SSSR count). The zero-order valence-corrected chi connectivity index (χ0v) is 11.8. The minimum Gasteiger partial charge on any atom is -0.360 e. The number of aryl methyl sites for hydroxylation is 2. The van der Waals surface area contributed by atoms with Gasteiger partial charge in [0, 0.05) is 23.0 Å². The first-order chi connectivity index (χ1) is 9.24. The maximum Gasteiger partial charge on any atom is 0.135 e. The molecule has 19 heavy (non-hydrogen) atoms. The van der Waals surface area contributed by atoms with Gasteiger partial charge in [-0.15, -0.1) is 11.3 Å². The van der Waals surface area contributed by atoms with E-state index in [1.807, 2.05) is 30.5 Å². The third-order valence-corrected chi connectivity index (χ3v) is 3.73. The van der Waals surface area contributed by atoms with Crippen LogP contribution in [0.2, 0.25) is 0 Å². The van der Waals surface area contributed by atoms with Crippen molar-refractivity contribution >= 4 is 22.6 Å². The lowest BCUT2D eigenvalue weighted by atomic mass is 10.1. The minimum atomic E-state index is 0.559. The quantitative estimate of drug-likeness (QED) is 0.854. The molecular formula is C15H15N3S. The van der Waals surface area contributed by atoms with E-state index < -0.39 is 0 Å². The third kappa shape index (κ3) is 3.21. The fourth-order valence-corrected chi connectivity index (χ4v) is 2.50. The molecule has 4 heteroatoms. The molecule has 96 valence electrons. The summed E-state index contributed by atoms with van der Waals surface area (Å²) in [6.45, 7) is 4.04. The van der Waals surface area contributed by atoms with Gasteiger partial charge in [0.25, 0.3) is 0 Å². The average molecular weight is 269 g/mol. The summed E-state index contributed by atoms with van der Waals surface area (Å²) >= 11 is 1.49. The number of nitrogens with zero attached hydrogens (tertiary/aromatic N) is 2. The molecule has 2 aromatic rings. The van der Waals surface area contributed by atoms with E-state index in [2.05, 4.69) is 29.4 Å². The van der Waals surface area contributed by atoms with Crippen molar-refractivity contribution in [3.05, 3.63) is 52.1 Å². The Kier molecular flexibility index (Phi) is 4.32. The van der Waals surface area contributed by atoms with Gasteiger partial charge >= 0.3 is 0 Å². The first kappa shape index (κ1) is 13.3. The Morgan fingerprint density at radius 3 is 2.89 bits per heavy atom. The van der Waals surface area contributed by atoms with Crippen LogP contribution in [-0.4, -0.2) is 4.98 Å². The fraction of sp³-hybridized carbons (Fsp3) is 0.200. The highest BCUT2D eigenvalue weighted by Crippen LogP contribution is 2.20. The van der Waals surface area contributed by atoms with Gasteiger partial charge in [0.1, 0.15) is 16.6 Å². The van der Waals surface area contributed by atoms with Crippen LogP contribution in [0.5, 0.6) is 0 Å². The molecule has 0 atom stereocenters. The molecule has 0 amide bonds. The second kappa shape index (κ2) is 6.17. The van der Waals surface area contributed by atoms with Gasteiger partial charge in [-0.25, -0.2) is 4.98 Å². The molecular weight excluding hydrogens is 254 g/mol. The molecule has 1 heterocycles. The zero-order valence-electron chi connectivity index (χ0n) is 11.0. The van der Waals surface area contributed by atoms with Crippen LogP contribution in [-0.2, 0) is 6.42 Å². The summed E-state index contributed by atoms with van der Waals surface area (Å²) in [5.74, 6) is 0. The van der Waals surface area contributed by atoms with E-state index in [4.69, 9.17) is 0 Å². The number of rotatable bonds is 4. The number of anilines is 1. The molecule has 0 saturated heterocycles. The monoisotopic (exact) mass is 269 g/mol. The van der Waals surface area contributed by atoms with Crippen LogP contribution in [0.1, 0.15) is 23.2 Å². The van der Waals surface area contributed by atoms with E-state index >= 15 is 0 Å². The van der Waals surface area contributed by atoms with Crippen LogP contribution in [0.15, 0.2) is 35.8 Å². The lowest BCUT2D eigenvalue weighted by Gasteiger charge is -2.07. The van der Waals surface area contributed by atoms with E-state index in [-0.39, 0.29) is 0 Å². The maximum atomic E-state index is 9.20. The Bertz CT molecular complexity index is 635. The third-order valence-electron chi connectivity index (χ3n) is 2.74. The van der Waals surface area contributed by atoms with Gasteiger partial charge < -0.3 is 5.32 Å². The molecule has 0 spiro atoms. The van der Waals surface area contributed by atoms with Crippen molar-refractivity contribution < 1.29 is 0 Å². The first-order valence-corrected chi connectivity index (χ1v) is 6.99. The lowest BCUT2D eigenvalue weighted by molar-refractivity contribution is 1.14. The number of nitriles is 1. The van der Waals surface area contributed by atoms with Crippen LogP contribution in [0.25, 0.3) is 5.57 Å². The number of allylic oxidation sites excluding steroid dienone is 1. The second-order valence-electron chi connectivity index (χ2n) is 4.12. The highest BCUT2D eigenvalue weighted by Gasteiger charge is 2.05. The first-order valence-electron chi connectivity index (χ1n) is 6.11. The van der Waals surface area contributed by atoms with Crippen LogP contribution >= 0.6 is 11.3 Å². The summed E-state index contributed by atoms with van der Waals surface area (Å²) in [5, 5.41) is 15.1. The molecule has 0 aliphatic heterocycles. The summed E-state index contributed by atoms with van der Waals surface area (Å²) in [5.41, 5.74) is 3.76. The van der Waals surface area contributed by atoms with Crippen molar-refractivity contribution in [1.82, 2.24) is 4.98 Å². The van der Waals surface area contributed by atoms with Gasteiger partial charge in [-0.3, -0.25) is 0 Å². The molecule has 0 bridgehead atoms. The molecule has 1 aromatic carbocycles. The molecule has 0 aliphatic carbocycles. The molecule has 0 fully saturated rings. The highest BCUT2D eigenvalue weighted by atomic mass is 32.1. The standard InChI is InChI=1S/C15H15N3S/c1-3-12-6-4-5-7-14(12)17-9-13(8-16)15-18-11(2)10-19-15/h4-7,9-10,17H,3H2,1-2H3/b13-9+. The van der Waals surface area contributed by atoms with Crippen LogP contribution in [0, 0.1) is 18.3 Å². The molecule has 1 N–H and O–H groups in total. The highest BCUT2D eigenvalue weighted by molar-refractivity contribution is 7.10. The summed E-state index contributed by atoms with van der Waals surface area (Å²) in [4.78, 5) is 4.32. The fourth-order valence-electron chi connectivity index (χ4n) is 1.74. The molecule has 0 aliphatic rings. The van der Waals surface area contributed by atoms with E-state index in [9.17, 15) is 5.26 Å². The Balaban J connectivity index is 2.23. The molecule has 3 nitrogen and oxygen atoms in total. The Labute approximate surface area is 117 Å². The molecule has 0 saturated carbocycles. The predicted molar refractivity (Wildman–Crippen MR) is 79.9 cm³/mol. The molecule has 0 radical (unpaired) electrons. The molecule has 0 unspecified atom stereocenters. The SMILES string of the molecule is CCc1ccccc1N/C=C(\C#N)c1nc(C)cs1. The number of hydrogen-bond acceptors (Lipinski definition) is 4. The Hall–Kier alpha value is -2.12. The smallest absolute Gasteiger partial charge is 0.135 e. The Morgan fingerprint density at radius 1 is 1.47 bits per heavy atom. The van der Waals surface area contributed by atoms with Crippen molar-refractivity contribution in [3.8, 4) is 6.07 Å². The van der Waals surface area contributed by atoms with Gasteiger partial charge in [-0.1, -0.05) is 25.1 Å². The van der Waals surface area contributed by atoms with E-state index in [0.29, 0.717) is 5.57 Å². The molecule has 1 aromatic heterocycles. The number of aromatic nitrogens is 1. The van der Waals surface area contributed by atoms with Gasteiger partial charge in [0.2, 0.25) is 0 Å². The minimum absolute atomic E-state index is 0.559. The van der Waals surface area contributed by atoms with E-state index in [0.717, 1.165) is 22.8 Å². The predicted octanol–water partition coefficient (Wildman–Crippen LogP) is 3.99. The van der Waals surface area contributed by atoms with Gasteiger partial charge in [0.15, 0.2) is 0 Å². The van der Waals surface area contributed by atoms with Crippen LogP contribution < -0.4 is 5.32 Å². The average Bonchev–Trinajstić information content (AvgIpc) is 2.86. The topological polar surface area (TPSA) is 48.7 Å².